The molecule has 0 bridgehead atoms. The molecule has 0 radical (unpaired) electrons. The molecule has 0 atom stereocenters. The zero-order chi connectivity index (χ0) is 11.3. The first-order valence-electron chi connectivity index (χ1n) is 5.28. The summed E-state index contributed by atoms with van der Waals surface area (Å²) in [5, 5.41) is 9.28. The summed E-state index contributed by atoms with van der Waals surface area (Å²) >= 11 is 0. The van der Waals surface area contributed by atoms with E-state index in [0.29, 0.717) is 24.3 Å². The van der Waals surface area contributed by atoms with Crippen molar-refractivity contribution in [3.8, 4) is 11.5 Å². The van der Waals surface area contributed by atoms with Gasteiger partial charge in [0.25, 0.3) is 0 Å². The largest absolute Gasteiger partial charge is 0.481 e. The van der Waals surface area contributed by atoms with Crippen LogP contribution in [0, 0.1) is 6.92 Å². The van der Waals surface area contributed by atoms with E-state index in [-0.39, 0.29) is 6.79 Å². The minimum Gasteiger partial charge on any atom is -0.481 e. The summed E-state index contributed by atoms with van der Waals surface area (Å²) in [6.45, 7) is 2.12. The highest BCUT2D eigenvalue weighted by Gasteiger charge is 2.54. The Hall–Kier alpha value is -1.71. The van der Waals surface area contributed by atoms with Gasteiger partial charge < -0.3 is 14.6 Å². The van der Waals surface area contributed by atoms with Gasteiger partial charge in [0.15, 0.2) is 11.5 Å². The molecule has 1 saturated carbocycles. The van der Waals surface area contributed by atoms with Crippen LogP contribution in [0.2, 0.25) is 0 Å². The molecule has 1 aromatic carbocycles. The van der Waals surface area contributed by atoms with Gasteiger partial charge in [-0.2, -0.15) is 0 Å². The first kappa shape index (κ1) is 9.51. The van der Waals surface area contributed by atoms with Gasteiger partial charge in [-0.15, -0.1) is 0 Å². The Bertz CT molecular complexity index is 474. The Labute approximate surface area is 92.8 Å². The molecule has 16 heavy (non-hydrogen) atoms. The fourth-order valence-electron chi connectivity index (χ4n) is 2.23. The Morgan fingerprint density at radius 3 is 2.75 bits per heavy atom. The molecule has 3 rings (SSSR count). The van der Waals surface area contributed by atoms with Gasteiger partial charge in [0.05, 0.1) is 5.41 Å². The highest BCUT2D eigenvalue weighted by atomic mass is 16.7. The predicted molar refractivity (Wildman–Crippen MR) is 55.8 cm³/mol. The van der Waals surface area contributed by atoms with Gasteiger partial charge in [0.2, 0.25) is 6.79 Å². The van der Waals surface area contributed by atoms with Crippen LogP contribution in [0.15, 0.2) is 12.1 Å². The molecular formula is C12H12O4. The zero-order valence-corrected chi connectivity index (χ0v) is 8.95. The van der Waals surface area contributed by atoms with Crippen molar-refractivity contribution in [1.29, 1.82) is 0 Å². The number of carbonyl (C=O) groups is 1. The number of carboxylic acid groups (broad SMARTS) is 1. The number of ether oxygens (including phenoxy) is 2. The lowest BCUT2D eigenvalue weighted by Gasteiger charge is -2.13. The number of fused-ring (bicyclic) bond motifs is 1. The van der Waals surface area contributed by atoms with E-state index in [4.69, 9.17) is 9.47 Å². The number of aryl methyl sites for hydroxylation is 1. The molecule has 1 heterocycles. The molecule has 2 aliphatic rings. The summed E-state index contributed by atoms with van der Waals surface area (Å²) in [5.41, 5.74) is 1.04. The van der Waals surface area contributed by atoms with E-state index in [0.717, 1.165) is 11.1 Å². The zero-order valence-electron chi connectivity index (χ0n) is 8.95. The van der Waals surface area contributed by atoms with Crippen molar-refractivity contribution in [3.05, 3.63) is 23.3 Å². The molecule has 0 spiro atoms. The summed E-state index contributed by atoms with van der Waals surface area (Å²) in [7, 11) is 0. The van der Waals surface area contributed by atoms with Gasteiger partial charge >= 0.3 is 5.97 Å². The van der Waals surface area contributed by atoms with Gasteiger partial charge in [-0.25, -0.2) is 0 Å². The molecule has 0 aromatic heterocycles. The molecular weight excluding hydrogens is 208 g/mol. The van der Waals surface area contributed by atoms with Crippen molar-refractivity contribution in [2.45, 2.75) is 25.2 Å². The van der Waals surface area contributed by atoms with Crippen molar-refractivity contribution in [2.75, 3.05) is 6.79 Å². The smallest absolute Gasteiger partial charge is 0.314 e. The van der Waals surface area contributed by atoms with E-state index >= 15 is 0 Å². The number of hydrogen-bond donors (Lipinski definition) is 1. The third kappa shape index (κ3) is 1.13. The minimum atomic E-state index is -0.768. The molecule has 1 aliphatic carbocycles. The van der Waals surface area contributed by atoms with Crippen molar-refractivity contribution in [2.24, 2.45) is 0 Å². The standard InChI is InChI=1S/C12H12O4/c1-7-4-8(12(2-3-12)11(13)14)10-9(5-7)15-6-16-10/h4-5H,2-3,6H2,1H3,(H,13,14). The van der Waals surface area contributed by atoms with Crippen LogP contribution >= 0.6 is 0 Å². The summed E-state index contributed by atoms with van der Waals surface area (Å²) < 4.78 is 10.7. The maximum Gasteiger partial charge on any atom is 0.314 e. The molecule has 0 amide bonds. The Morgan fingerprint density at radius 2 is 2.12 bits per heavy atom. The quantitative estimate of drug-likeness (QED) is 0.826. The molecule has 1 aliphatic heterocycles. The van der Waals surface area contributed by atoms with Gasteiger partial charge in [0, 0.05) is 5.56 Å². The van der Waals surface area contributed by atoms with Crippen molar-refractivity contribution in [3.63, 3.8) is 0 Å². The Balaban J connectivity index is 2.18. The van der Waals surface area contributed by atoms with E-state index < -0.39 is 11.4 Å². The average Bonchev–Trinajstić information content (AvgIpc) is 2.91. The lowest BCUT2D eigenvalue weighted by atomic mass is 9.93. The summed E-state index contributed by atoms with van der Waals surface area (Å²) in [4.78, 5) is 11.3. The van der Waals surface area contributed by atoms with Gasteiger partial charge in [-0.05, 0) is 31.4 Å². The van der Waals surface area contributed by atoms with Crippen LogP contribution in [-0.4, -0.2) is 17.9 Å². The number of rotatable bonds is 2. The van der Waals surface area contributed by atoms with Crippen LogP contribution in [-0.2, 0) is 10.2 Å². The molecule has 1 fully saturated rings. The van der Waals surface area contributed by atoms with Gasteiger partial charge in [-0.1, -0.05) is 6.07 Å². The average molecular weight is 220 g/mol. The van der Waals surface area contributed by atoms with E-state index in [2.05, 4.69) is 0 Å². The number of benzene rings is 1. The van der Waals surface area contributed by atoms with Gasteiger partial charge in [-0.3, -0.25) is 4.79 Å². The second-order valence-corrected chi connectivity index (χ2v) is 4.43. The van der Waals surface area contributed by atoms with Crippen LogP contribution in [0.5, 0.6) is 11.5 Å². The van der Waals surface area contributed by atoms with Crippen LogP contribution in [0.3, 0.4) is 0 Å². The molecule has 0 saturated heterocycles. The first-order valence-corrected chi connectivity index (χ1v) is 5.28. The Kier molecular flexibility index (Phi) is 1.73. The maximum absolute atomic E-state index is 11.3. The molecule has 4 nitrogen and oxygen atoms in total. The normalized spacial score (nSPS) is 19.6. The van der Waals surface area contributed by atoms with E-state index in [1.54, 1.807) is 0 Å². The molecule has 1 aromatic rings. The molecule has 0 unspecified atom stereocenters. The number of hydrogen-bond acceptors (Lipinski definition) is 3. The van der Waals surface area contributed by atoms with Crippen molar-refractivity contribution < 1.29 is 19.4 Å². The highest BCUT2D eigenvalue weighted by molar-refractivity contribution is 5.86. The van der Waals surface area contributed by atoms with Crippen LogP contribution in [0.25, 0.3) is 0 Å². The lowest BCUT2D eigenvalue weighted by Crippen LogP contribution is -2.20. The first-order chi connectivity index (χ1) is 7.63. The molecule has 4 heteroatoms. The van der Waals surface area contributed by atoms with Gasteiger partial charge in [0.1, 0.15) is 0 Å². The topological polar surface area (TPSA) is 55.8 Å². The minimum absolute atomic E-state index is 0.182. The maximum atomic E-state index is 11.3. The number of aliphatic carboxylic acids is 1. The second kappa shape index (κ2) is 2.90. The monoisotopic (exact) mass is 220 g/mol. The number of carboxylic acids is 1. The third-order valence-corrected chi connectivity index (χ3v) is 3.29. The van der Waals surface area contributed by atoms with E-state index in [1.165, 1.54) is 0 Å². The third-order valence-electron chi connectivity index (χ3n) is 3.29. The van der Waals surface area contributed by atoms with E-state index in [9.17, 15) is 9.90 Å². The van der Waals surface area contributed by atoms with Crippen LogP contribution in [0.4, 0.5) is 0 Å². The summed E-state index contributed by atoms with van der Waals surface area (Å²) in [6.07, 6.45) is 1.36. The summed E-state index contributed by atoms with van der Waals surface area (Å²) in [5.74, 6) is 0.517. The van der Waals surface area contributed by atoms with Crippen molar-refractivity contribution in [1.82, 2.24) is 0 Å². The van der Waals surface area contributed by atoms with Crippen LogP contribution in [0.1, 0.15) is 24.0 Å². The highest BCUT2D eigenvalue weighted by Crippen LogP contribution is 2.54. The summed E-state index contributed by atoms with van der Waals surface area (Å²) in [6, 6.07) is 3.78. The Morgan fingerprint density at radius 1 is 1.38 bits per heavy atom. The fourth-order valence-corrected chi connectivity index (χ4v) is 2.23. The van der Waals surface area contributed by atoms with Crippen LogP contribution < -0.4 is 9.47 Å². The fraction of sp³-hybridized carbons (Fsp3) is 0.417. The molecule has 1 N–H and O–H groups in total. The SMILES string of the molecule is Cc1cc2c(c(C3(C(=O)O)CC3)c1)OCO2. The molecule has 84 valence electrons. The van der Waals surface area contributed by atoms with E-state index in [1.807, 2.05) is 19.1 Å². The second-order valence-electron chi connectivity index (χ2n) is 4.43. The lowest BCUT2D eigenvalue weighted by molar-refractivity contribution is -0.140. The predicted octanol–water partition coefficient (Wildman–Crippen LogP) is 1.84. The van der Waals surface area contributed by atoms with Crippen molar-refractivity contribution >= 4 is 5.97 Å².